The Morgan fingerprint density at radius 1 is 1.10 bits per heavy atom. The van der Waals surface area contributed by atoms with Crippen LogP contribution in [0.25, 0.3) is 0 Å². The molecule has 2 N–H and O–H groups in total. The van der Waals surface area contributed by atoms with Crippen molar-refractivity contribution in [2.45, 2.75) is 20.3 Å². The Labute approximate surface area is 128 Å². The molecule has 0 radical (unpaired) electrons. The molecular formula is C16H28N4O. The molecule has 1 rings (SSSR count). The van der Waals surface area contributed by atoms with Crippen LogP contribution in [0.5, 0.6) is 0 Å². The van der Waals surface area contributed by atoms with Crippen LogP contribution in [-0.2, 0) is 0 Å². The van der Waals surface area contributed by atoms with E-state index in [4.69, 9.17) is 0 Å². The number of rotatable bonds is 8. The summed E-state index contributed by atoms with van der Waals surface area (Å²) in [4.78, 5) is 16.1. The van der Waals surface area contributed by atoms with Gasteiger partial charge in [0, 0.05) is 32.0 Å². The van der Waals surface area contributed by atoms with Crippen LogP contribution in [0.15, 0.2) is 24.3 Å². The van der Waals surface area contributed by atoms with Crippen molar-refractivity contribution in [3.8, 4) is 0 Å². The van der Waals surface area contributed by atoms with Gasteiger partial charge in [-0.15, -0.1) is 0 Å². The molecule has 0 bridgehead atoms. The molecule has 0 spiro atoms. The third-order valence-electron chi connectivity index (χ3n) is 3.47. The quantitative estimate of drug-likeness (QED) is 0.724. The fraction of sp³-hybridized carbons (Fsp3) is 0.562. The number of urea groups is 1. The summed E-state index contributed by atoms with van der Waals surface area (Å²) in [5.41, 5.74) is 1.92. The molecule has 1 aromatic rings. The number of hydrogen-bond donors (Lipinski definition) is 2. The number of benzene rings is 1. The lowest BCUT2D eigenvalue weighted by molar-refractivity contribution is 0.250. The topological polar surface area (TPSA) is 47.6 Å². The average molecular weight is 292 g/mol. The SMILES string of the molecule is CCN(CC)CCCNC(=O)Nc1ccc(N(C)C)cc1. The maximum Gasteiger partial charge on any atom is 0.319 e. The number of amides is 2. The van der Waals surface area contributed by atoms with Gasteiger partial charge in [0.25, 0.3) is 0 Å². The van der Waals surface area contributed by atoms with Crippen LogP contribution in [0, 0.1) is 0 Å². The highest BCUT2D eigenvalue weighted by Crippen LogP contribution is 2.15. The van der Waals surface area contributed by atoms with E-state index in [9.17, 15) is 4.79 Å². The lowest BCUT2D eigenvalue weighted by Gasteiger charge is -2.17. The van der Waals surface area contributed by atoms with Gasteiger partial charge in [0.2, 0.25) is 0 Å². The van der Waals surface area contributed by atoms with Gasteiger partial charge >= 0.3 is 6.03 Å². The van der Waals surface area contributed by atoms with Crippen LogP contribution in [0.1, 0.15) is 20.3 Å². The van der Waals surface area contributed by atoms with E-state index in [1.165, 1.54) is 0 Å². The van der Waals surface area contributed by atoms with Gasteiger partial charge in [-0.05, 0) is 50.3 Å². The van der Waals surface area contributed by atoms with Gasteiger partial charge in [-0.1, -0.05) is 13.8 Å². The first-order chi connectivity index (χ1) is 10.1. The first-order valence-electron chi connectivity index (χ1n) is 7.61. The summed E-state index contributed by atoms with van der Waals surface area (Å²) in [5.74, 6) is 0. The molecule has 0 atom stereocenters. The monoisotopic (exact) mass is 292 g/mol. The minimum absolute atomic E-state index is 0.146. The van der Waals surface area contributed by atoms with Gasteiger partial charge in [-0.25, -0.2) is 4.79 Å². The molecule has 5 heteroatoms. The third kappa shape index (κ3) is 6.49. The zero-order chi connectivity index (χ0) is 15.7. The Morgan fingerprint density at radius 2 is 1.71 bits per heavy atom. The Morgan fingerprint density at radius 3 is 2.24 bits per heavy atom. The lowest BCUT2D eigenvalue weighted by atomic mass is 10.2. The summed E-state index contributed by atoms with van der Waals surface area (Å²) in [6.45, 7) is 8.13. The van der Waals surface area contributed by atoms with Crippen LogP contribution in [0.3, 0.4) is 0 Å². The molecule has 0 aliphatic carbocycles. The normalized spacial score (nSPS) is 10.5. The molecule has 0 aliphatic heterocycles. The van der Waals surface area contributed by atoms with Crippen LogP contribution >= 0.6 is 0 Å². The molecule has 118 valence electrons. The molecule has 5 nitrogen and oxygen atoms in total. The summed E-state index contributed by atoms with van der Waals surface area (Å²) < 4.78 is 0. The largest absolute Gasteiger partial charge is 0.378 e. The van der Waals surface area contributed by atoms with E-state index in [1.54, 1.807) is 0 Å². The molecule has 21 heavy (non-hydrogen) atoms. The van der Waals surface area contributed by atoms with Crippen molar-refractivity contribution in [3.63, 3.8) is 0 Å². The Hall–Kier alpha value is -1.75. The van der Waals surface area contributed by atoms with Crippen molar-refractivity contribution in [2.75, 3.05) is 50.5 Å². The van der Waals surface area contributed by atoms with Crippen molar-refractivity contribution in [3.05, 3.63) is 24.3 Å². The van der Waals surface area contributed by atoms with Crippen molar-refractivity contribution in [1.29, 1.82) is 0 Å². The molecular weight excluding hydrogens is 264 g/mol. The maximum atomic E-state index is 11.8. The second-order valence-electron chi connectivity index (χ2n) is 5.20. The molecule has 0 fully saturated rings. The third-order valence-corrected chi connectivity index (χ3v) is 3.47. The molecule has 2 amide bonds. The van der Waals surface area contributed by atoms with Gasteiger partial charge in [-0.2, -0.15) is 0 Å². The average Bonchev–Trinajstić information content (AvgIpc) is 2.48. The predicted molar refractivity (Wildman–Crippen MR) is 90.2 cm³/mol. The molecule has 0 heterocycles. The summed E-state index contributed by atoms with van der Waals surface area (Å²) in [5, 5.41) is 5.73. The van der Waals surface area contributed by atoms with Gasteiger partial charge in [0.15, 0.2) is 0 Å². The Balaban J connectivity index is 2.27. The molecule has 0 aromatic heterocycles. The number of nitrogens with zero attached hydrogens (tertiary/aromatic N) is 2. The number of carbonyl (C=O) groups excluding carboxylic acids is 1. The van der Waals surface area contributed by atoms with Crippen LogP contribution in [-0.4, -0.2) is 51.2 Å². The first-order valence-corrected chi connectivity index (χ1v) is 7.61. The van der Waals surface area contributed by atoms with Crippen molar-refractivity contribution in [1.82, 2.24) is 10.2 Å². The zero-order valence-corrected chi connectivity index (χ0v) is 13.6. The number of anilines is 2. The van der Waals surface area contributed by atoms with Gasteiger partial charge in [-0.3, -0.25) is 0 Å². The van der Waals surface area contributed by atoms with Crippen molar-refractivity contribution >= 4 is 17.4 Å². The highest BCUT2D eigenvalue weighted by molar-refractivity contribution is 5.89. The molecule has 0 saturated carbocycles. The predicted octanol–water partition coefficient (Wildman–Crippen LogP) is 2.61. The highest BCUT2D eigenvalue weighted by atomic mass is 16.2. The fourth-order valence-corrected chi connectivity index (χ4v) is 2.06. The zero-order valence-electron chi connectivity index (χ0n) is 13.6. The molecule has 1 aromatic carbocycles. The van der Waals surface area contributed by atoms with Gasteiger partial charge in [0.05, 0.1) is 0 Å². The minimum atomic E-state index is -0.146. The van der Waals surface area contributed by atoms with Crippen LogP contribution < -0.4 is 15.5 Å². The summed E-state index contributed by atoms with van der Waals surface area (Å²) in [6, 6.07) is 7.63. The first kappa shape index (κ1) is 17.3. The van der Waals surface area contributed by atoms with E-state index in [0.29, 0.717) is 6.54 Å². The minimum Gasteiger partial charge on any atom is -0.378 e. The molecule has 0 aliphatic rings. The smallest absolute Gasteiger partial charge is 0.319 e. The Bertz CT molecular complexity index is 413. The van der Waals surface area contributed by atoms with E-state index < -0.39 is 0 Å². The maximum absolute atomic E-state index is 11.8. The second-order valence-corrected chi connectivity index (χ2v) is 5.20. The number of carbonyl (C=O) groups is 1. The van der Waals surface area contributed by atoms with E-state index in [2.05, 4.69) is 29.4 Å². The standard InChI is InChI=1S/C16H28N4O/c1-5-20(6-2)13-7-12-17-16(21)18-14-8-10-15(11-9-14)19(3)4/h8-11H,5-7,12-13H2,1-4H3,(H2,17,18,21). The van der Waals surface area contributed by atoms with Gasteiger partial charge in [0.1, 0.15) is 0 Å². The van der Waals surface area contributed by atoms with Crippen molar-refractivity contribution in [2.24, 2.45) is 0 Å². The summed E-state index contributed by atoms with van der Waals surface area (Å²) in [6.07, 6.45) is 0.967. The number of hydrogen-bond acceptors (Lipinski definition) is 3. The highest BCUT2D eigenvalue weighted by Gasteiger charge is 2.03. The Kier molecular flexibility index (Phi) is 7.61. The van der Waals surface area contributed by atoms with E-state index >= 15 is 0 Å². The van der Waals surface area contributed by atoms with E-state index in [1.807, 2.05) is 43.3 Å². The summed E-state index contributed by atoms with van der Waals surface area (Å²) >= 11 is 0. The lowest BCUT2D eigenvalue weighted by Crippen LogP contribution is -2.32. The van der Waals surface area contributed by atoms with E-state index in [-0.39, 0.29) is 6.03 Å². The summed E-state index contributed by atoms with van der Waals surface area (Å²) in [7, 11) is 3.98. The van der Waals surface area contributed by atoms with Crippen LogP contribution in [0.2, 0.25) is 0 Å². The number of nitrogens with one attached hydrogen (secondary N) is 2. The molecule has 0 saturated heterocycles. The van der Waals surface area contributed by atoms with Crippen LogP contribution in [0.4, 0.5) is 16.2 Å². The second kappa shape index (κ2) is 9.23. The van der Waals surface area contributed by atoms with Crippen molar-refractivity contribution < 1.29 is 4.79 Å². The van der Waals surface area contributed by atoms with Gasteiger partial charge < -0.3 is 20.4 Å². The molecule has 0 unspecified atom stereocenters. The van der Waals surface area contributed by atoms with E-state index in [0.717, 1.165) is 37.4 Å². The fourth-order valence-electron chi connectivity index (χ4n) is 2.06.